The molecule has 0 saturated heterocycles. The van der Waals surface area contributed by atoms with Gasteiger partial charge in [-0.25, -0.2) is 14.6 Å². The van der Waals surface area contributed by atoms with Gasteiger partial charge in [0.25, 0.3) is 0 Å². The smallest absolute Gasteiger partial charge is 0.329 e. The number of aliphatic carboxylic acids is 1. The van der Waals surface area contributed by atoms with Crippen LogP contribution in [0.15, 0.2) is 6.33 Å². The van der Waals surface area contributed by atoms with Gasteiger partial charge in [-0.1, -0.05) is 13.3 Å². The second-order valence-corrected chi connectivity index (χ2v) is 4.45. The minimum atomic E-state index is -1.24. The van der Waals surface area contributed by atoms with Crippen molar-refractivity contribution in [3.63, 3.8) is 0 Å². The van der Waals surface area contributed by atoms with Gasteiger partial charge < -0.3 is 15.7 Å². The molecule has 0 radical (unpaired) electrons. The minimum Gasteiger partial charge on any atom is -0.480 e. The van der Waals surface area contributed by atoms with E-state index in [1.165, 1.54) is 13.3 Å². The minimum absolute atomic E-state index is 0.350. The zero-order valence-corrected chi connectivity index (χ0v) is 11.1. The van der Waals surface area contributed by atoms with Gasteiger partial charge in [0, 0.05) is 13.0 Å². The van der Waals surface area contributed by atoms with Crippen molar-refractivity contribution in [3.05, 3.63) is 12.2 Å². The zero-order chi connectivity index (χ0) is 14.3. The van der Waals surface area contributed by atoms with Crippen LogP contribution >= 0.6 is 0 Å². The van der Waals surface area contributed by atoms with Gasteiger partial charge in [0.1, 0.15) is 17.7 Å². The molecule has 0 aromatic carbocycles. The van der Waals surface area contributed by atoms with Gasteiger partial charge in [-0.2, -0.15) is 5.10 Å². The van der Waals surface area contributed by atoms with Crippen LogP contribution in [-0.4, -0.2) is 44.4 Å². The van der Waals surface area contributed by atoms with Crippen molar-refractivity contribution in [2.45, 2.75) is 38.6 Å². The molecule has 0 aliphatic carbocycles. The topological polar surface area (TPSA) is 120 Å². The van der Waals surface area contributed by atoms with E-state index >= 15 is 0 Å². The average Bonchev–Trinajstić information content (AvgIpc) is 2.82. The largest absolute Gasteiger partial charge is 0.480 e. The number of amides is 2. The van der Waals surface area contributed by atoms with Crippen LogP contribution < -0.4 is 10.6 Å². The van der Waals surface area contributed by atoms with E-state index in [2.05, 4.69) is 25.8 Å². The fourth-order valence-electron chi connectivity index (χ4n) is 1.66. The second-order valence-electron chi connectivity index (χ2n) is 4.45. The Kier molecular flexibility index (Phi) is 5.28. The molecule has 0 aliphatic heterocycles. The highest BCUT2D eigenvalue weighted by Gasteiger charge is 2.33. The van der Waals surface area contributed by atoms with Gasteiger partial charge in [-0.3, -0.25) is 5.10 Å². The van der Waals surface area contributed by atoms with Crippen molar-refractivity contribution in [1.82, 2.24) is 25.8 Å². The van der Waals surface area contributed by atoms with Crippen molar-refractivity contribution < 1.29 is 14.7 Å². The molecule has 106 valence electrons. The third-order valence-electron chi connectivity index (χ3n) is 2.72. The van der Waals surface area contributed by atoms with Crippen molar-refractivity contribution in [2.75, 3.05) is 6.54 Å². The van der Waals surface area contributed by atoms with Gasteiger partial charge in [0.2, 0.25) is 0 Å². The number of urea groups is 1. The summed E-state index contributed by atoms with van der Waals surface area (Å²) < 4.78 is 0. The summed E-state index contributed by atoms with van der Waals surface area (Å²) >= 11 is 0. The third kappa shape index (κ3) is 4.57. The Labute approximate surface area is 111 Å². The number of nitrogens with zero attached hydrogens (tertiary/aromatic N) is 2. The lowest BCUT2D eigenvalue weighted by Crippen LogP contribution is -2.55. The van der Waals surface area contributed by atoms with Crippen LogP contribution in [0, 0.1) is 0 Å². The molecular formula is C11H19N5O3. The molecule has 1 heterocycles. The number of aromatic amines is 1. The molecule has 19 heavy (non-hydrogen) atoms. The number of H-pyrrole nitrogens is 1. The van der Waals surface area contributed by atoms with Gasteiger partial charge in [-0.15, -0.1) is 0 Å². The molecule has 8 nitrogen and oxygen atoms in total. The van der Waals surface area contributed by atoms with Crippen molar-refractivity contribution in [3.8, 4) is 0 Å². The number of carboxylic acids is 1. The standard InChI is InChI=1S/C11H19N5O3/c1-3-5-11(2,9(17)18)15-10(19)12-6-4-8-13-7-14-16-8/h7H,3-6H2,1-2H3,(H,17,18)(H2,12,15,19)(H,13,14,16). The predicted octanol–water partition coefficient (Wildman–Crippen LogP) is 0.290. The highest BCUT2D eigenvalue weighted by molar-refractivity contribution is 5.85. The van der Waals surface area contributed by atoms with E-state index in [1.807, 2.05) is 6.92 Å². The average molecular weight is 269 g/mol. The van der Waals surface area contributed by atoms with Crippen LogP contribution in [0.4, 0.5) is 4.79 Å². The van der Waals surface area contributed by atoms with Crippen LogP contribution in [0.5, 0.6) is 0 Å². The Bertz CT molecular complexity index is 420. The van der Waals surface area contributed by atoms with Crippen LogP contribution in [-0.2, 0) is 11.2 Å². The van der Waals surface area contributed by atoms with E-state index in [0.717, 1.165) is 0 Å². The van der Waals surface area contributed by atoms with Crippen LogP contribution in [0.2, 0.25) is 0 Å². The van der Waals surface area contributed by atoms with E-state index in [4.69, 9.17) is 5.11 Å². The van der Waals surface area contributed by atoms with E-state index in [9.17, 15) is 9.59 Å². The predicted molar refractivity (Wildman–Crippen MR) is 67.6 cm³/mol. The van der Waals surface area contributed by atoms with Crippen molar-refractivity contribution in [1.29, 1.82) is 0 Å². The van der Waals surface area contributed by atoms with E-state index in [0.29, 0.717) is 31.6 Å². The summed E-state index contributed by atoms with van der Waals surface area (Å²) in [7, 11) is 0. The number of hydrogen-bond acceptors (Lipinski definition) is 4. The Morgan fingerprint density at radius 3 is 2.79 bits per heavy atom. The lowest BCUT2D eigenvalue weighted by Gasteiger charge is -2.25. The Hall–Kier alpha value is -2.12. The number of carbonyl (C=O) groups is 2. The molecule has 0 aliphatic rings. The molecule has 1 aromatic heterocycles. The first kappa shape index (κ1) is 14.9. The van der Waals surface area contributed by atoms with Gasteiger partial charge in [0.05, 0.1) is 0 Å². The van der Waals surface area contributed by atoms with Gasteiger partial charge >= 0.3 is 12.0 Å². The summed E-state index contributed by atoms with van der Waals surface area (Å²) in [4.78, 5) is 26.7. The first-order valence-corrected chi connectivity index (χ1v) is 6.11. The molecule has 1 atom stereocenters. The first-order chi connectivity index (χ1) is 8.98. The fourth-order valence-corrected chi connectivity index (χ4v) is 1.66. The molecule has 0 bridgehead atoms. The van der Waals surface area contributed by atoms with Crippen LogP contribution in [0.3, 0.4) is 0 Å². The maximum Gasteiger partial charge on any atom is 0.329 e. The maximum atomic E-state index is 11.6. The summed E-state index contributed by atoms with van der Waals surface area (Å²) in [6, 6.07) is -0.502. The van der Waals surface area contributed by atoms with Crippen molar-refractivity contribution >= 4 is 12.0 Å². The quantitative estimate of drug-likeness (QED) is 0.567. The molecule has 1 aromatic rings. The number of aromatic nitrogens is 3. The fraction of sp³-hybridized carbons (Fsp3) is 0.636. The summed E-state index contributed by atoms with van der Waals surface area (Å²) in [5.41, 5.74) is -1.24. The van der Waals surface area contributed by atoms with Crippen LogP contribution in [0.1, 0.15) is 32.5 Å². The molecule has 8 heteroatoms. The van der Waals surface area contributed by atoms with Crippen LogP contribution in [0.25, 0.3) is 0 Å². The second kappa shape index (κ2) is 6.72. The molecule has 0 spiro atoms. The molecule has 1 rings (SSSR count). The van der Waals surface area contributed by atoms with Gasteiger partial charge in [0.15, 0.2) is 0 Å². The SMILES string of the molecule is CCCC(C)(NC(=O)NCCc1ncn[nH]1)C(=O)O. The number of carboxylic acid groups (broad SMARTS) is 1. The summed E-state index contributed by atoms with van der Waals surface area (Å²) in [5.74, 6) is -0.380. The normalized spacial score (nSPS) is 13.6. The van der Waals surface area contributed by atoms with E-state index < -0.39 is 17.5 Å². The Morgan fingerprint density at radius 1 is 1.53 bits per heavy atom. The Balaban J connectivity index is 2.38. The monoisotopic (exact) mass is 269 g/mol. The lowest BCUT2D eigenvalue weighted by atomic mass is 9.97. The summed E-state index contributed by atoms with van der Waals surface area (Å²) in [6.07, 6.45) is 2.93. The summed E-state index contributed by atoms with van der Waals surface area (Å²) in [5, 5.41) is 20.5. The molecule has 4 N–H and O–H groups in total. The van der Waals surface area contributed by atoms with E-state index in [1.54, 1.807) is 0 Å². The Morgan fingerprint density at radius 2 is 2.26 bits per heavy atom. The molecule has 0 fully saturated rings. The lowest BCUT2D eigenvalue weighted by molar-refractivity contribution is -0.144. The highest BCUT2D eigenvalue weighted by atomic mass is 16.4. The molecular weight excluding hydrogens is 250 g/mol. The maximum absolute atomic E-state index is 11.6. The molecule has 1 unspecified atom stereocenters. The highest BCUT2D eigenvalue weighted by Crippen LogP contribution is 2.12. The summed E-state index contributed by atoms with van der Waals surface area (Å²) in [6.45, 7) is 3.71. The van der Waals surface area contributed by atoms with Gasteiger partial charge in [-0.05, 0) is 13.3 Å². The number of hydrogen-bond donors (Lipinski definition) is 4. The molecule has 0 saturated carbocycles. The van der Waals surface area contributed by atoms with E-state index in [-0.39, 0.29) is 0 Å². The van der Waals surface area contributed by atoms with Crippen molar-refractivity contribution in [2.24, 2.45) is 0 Å². The number of nitrogens with one attached hydrogen (secondary N) is 3. The number of carbonyl (C=O) groups excluding carboxylic acids is 1. The zero-order valence-electron chi connectivity index (χ0n) is 11.1. The molecule has 2 amide bonds. The number of rotatable bonds is 7. The first-order valence-electron chi connectivity index (χ1n) is 6.11. The third-order valence-corrected chi connectivity index (χ3v) is 2.72.